The molecule has 3 nitrogen and oxygen atoms in total. The number of halogens is 4. The van der Waals surface area contributed by atoms with Gasteiger partial charge in [0.2, 0.25) is 0 Å². The first kappa shape index (κ1) is 21.1. The summed E-state index contributed by atoms with van der Waals surface area (Å²) in [5, 5.41) is 10.0. The van der Waals surface area contributed by atoms with Gasteiger partial charge in [-0.05, 0) is 41.7 Å². The highest BCUT2D eigenvalue weighted by atomic mass is 35.5. The second kappa shape index (κ2) is 8.65. The van der Waals surface area contributed by atoms with E-state index >= 15 is 0 Å². The summed E-state index contributed by atoms with van der Waals surface area (Å²) >= 11 is 5.86. The molecule has 0 radical (unpaired) electrons. The summed E-state index contributed by atoms with van der Waals surface area (Å²) in [6.07, 6.45) is -4.13. The molecule has 7 heteroatoms. The molecule has 1 N–H and O–H groups in total. The Balaban J connectivity index is 2.47. The largest absolute Gasteiger partial charge is 0.483 e. The van der Waals surface area contributed by atoms with Crippen LogP contribution in [0, 0.1) is 5.92 Å². The van der Waals surface area contributed by atoms with Crippen molar-refractivity contribution < 1.29 is 27.8 Å². The summed E-state index contributed by atoms with van der Waals surface area (Å²) in [7, 11) is 0. The number of hydrogen-bond donors (Lipinski definition) is 1. The number of carboxylic acids is 1. The third-order valence-electron chi connectivity index (χ3n) is 3.96. The molecule has 0 bridgehead atoms. The van der Waals surface area contributed by atoms with Crippen LogP contribution in [0.3, 0.4) is 0 Å². The topological polar surface area (TPSA) is 46.5 Å². The Morgan fingerprint density at radius 3 is 2.30 bits per heavy atom. The van der Waals surface area contributed by atoms with Gasteiger partial charge in [-0.15, -0.1) is 0 Å². The Morgan fingerprint density at radius 1 is 1.15 bits per heavy atom. The van der Waals surface area contributed by atoms with Crippen LogP contribution in [0.15, 0.2) is 42.5 Å². The standard InChI is InChI=1S/C20H20ClF3O3/c1-12(2)9-17(19(25)26)14-5-8-16(13-3-6-15(21)7-4-13)18(10-14)27-11-20(22,23)24/h3-8,10,12,17H,9,11H2,1-2H3,(H,25,26). The molecule has 2 rings (SSSR count). The molecule has 1 atom stereocenters. The lowest BCUT2D eigenvalue weighted by atomic mass is 9.89. The van der Waals surface area contributed by atoms with Crippen LogP contribution in [0.2, 0.25) is 5.02 Å². The van der Waals surface area contributed by atoms with Crippen LogP contribution in [0.5, 0.6) is 5.75 Å². The van der Waals surface area contributed by atoms with Crippen molar-refractivity contribution in [2.75, 3.05) is 6.61 Å². The van der Waals surface area contributed by atoms with Crippen molar-refractivity contribution in [3.05, 3.63) is 53.1 Å². The van der Waals surface area contributed by atoms with Gasteiger partial charge in [0.25, 0.3) is 0 Å². The van der Waals surface area contributed by atoms with E-state index in [4.69, 9.17) is 16.3 Å². The van der Waals surface area contributed by atoms with Crippen LogP contribution in [-0.2, 0) is 4.79 Å². The molecule has 0 amide bonds. The van der Waals surface area contributed by atoms with Crippen LogP contribution in [0.4, 0.5) is 13.2 Å². The second-order valence-corrected chi connectivity index (χ2v) is 7.12. The van der Waals surface area contributed by atoms with Crippen molar-refractivity contribution in [3.8, 4) is 16.9 Å². The van der Waals surface area contributed by atoms with Crippen molar-refractivity contribution in [1.82, 2.24) is 0 Å². The fraction of sp³-hybridized carbons (Fsp3) is 0.350. The van der Waals surface area contributed by atoms with Gasteiger partial charge in [-0.25, -0.2) is 0 Å². The molecule has 27 heavy (non-hydrogen) atoms. The summed E-state index contributed by atoms with van der Waals surface area (Å²) < 4.78 is 43.0. The maximum Gasteiger partial charge on any atom is 0.422 e. The fourth-order valence-electron chi connectivity index (χ4n) is 2.75. The number of benzene rings is 2. The van der Waals surface area contributed by atoms with Crippen molar-refractivity contribution in [2.24, 2.45) is 5.92 Å². The van der Waals surface area contributed by atoms with E-state index in [9.17, 15) is 23.1 Å². The third-order valence-corrected chi connectivity index (χ3v) is 4.21. The molecule has 0 aliphatic carbocycles. The zero-order valence-corrected chi connectivity index (χ0v) is 15.6. The number of alkyl halides is 3. The lowest BCUT2D eigenvalue weighted by Gasteiger charge is -2.19. The Labute approximate surface area is 160 Å². The molecule has 2 aromatic rings. The van der Waals surface area contributed by atoms with Crippen LogP contribution >= 0.6 is 11.6 Å². The average molecular weight is 401 g/mol. The highest BCUT2D eigenvalue weighted by Crippen LogP contribution is 2.36. The minimum absolute atomic E-state index is 0.0119. The van der Waals surface area contributed by atoms with Gasteiger partial charge in [-0.1, -0.05) is 49.7 Å². The lowest BCUT2D eigenvalue weighted by molar-refractivity contribution is -0.153. The van der Waals surface area contributed by atoms with Gasteiger partial charge >= 0.3 is 12.1 Å². The van der Waals surface area contributed by atoms with Gasteiger partial charge < -0.3 is 9.84 Å². The summed E-state index contributed by atoms with van der Waals surface area (Å²) in [5.41, 5.74) is 1.47. The molecule has 0 aliphatic rings. The van der Waals surface area contributed by atoms with E-state index in [1.165, 1.54) is 6.07 Å². The zero-order chi connectivity index (χ0) is 20.2. The molecule has 0 saturated carbocycles. The molecule has 0 heterocycles. The van der Waals surface area contributed by atoms with E-state index < -0.39 is 24.7 Å². The fourth-order valence-corrected chi connectivity index (χ4v) is 2.88. The molecule has 0 aliphatic heterocycles. The number of aliphatic carboxylic acids is 1. The van der Waals surface area contributed by atoms with Crippen molar-refractivity contribution >= 4 is 17.6 Å². The van der Waals surface area contributed by atoms with Gasteiger partial charge in [0.05, 0.1) is 5.92 Å². The van der Waals surface area contributed by atoms with E-state index in [1.807, 2.05) is 13.8 Å². The second-order valence-electron chi connectivity index (χ2n) is 6.69. The quantitative estimate of drug-likeness (QED) is 0.605. The summed E-state index contributed by atoms with van der Waals surface area (Å²) in [4.78, 5) is 11.6. The first-order valence-corrected chi connectivity index (χ1v) is 8.77. The third kappa shape index (κ3) is 6.17. The maximum atomic E-state index is 12.7. The van der Waals surface area contributed by atoms with E-state index in [-0.39, 0.29) is 11.7 Å². The molecule has 2 aromatic carbocycles. The van der Waals surface area contributed by atoms with Gasteiger partial charge in [0, 0.05) is 10.6 Å². The molecule has 1 unspecified atom stereocenters. The van der Waals surface area contributed by atoms with E-state index in [0.717, 1.165) is 0 Å². The van der Waals surface area contributed by atoms with Crippen molar-refractivity contribution in [2.45, 2.75) is 32.4 Å². The zero-order valence-electron chi connectivity index (χ0n) is 14.9. The van der Waals surface area contributed by atoms with E-state index in [2.05, 4.69) is 0 Å². The molecular weight excluding hydrogens is 381 g/mol. The Kier molecular flexibility index (Phi) is 6.76. The molecule has 0 saturated heterocycles. The van der Waals surface area contributed by atoms with Gasteiger partial charge in [0.1, 0.15) is 5.75 Å². The number of carbonyl (C=O) groups is 1. The Morgan fingerprint density at radius 2 is 1.78 bits per heavy atom. The molecule has 0 fully saturated rings. The van der Waals surface area contributed by atoms with Crippen molar-refractivity contribution in [3.63, 3.8) is 0 Å². The number of carboxylic acid groups (broad SMARTS) is 1. The Bertz CT molecular complexity index is 786. The molecule has 0 aromatic heterocycles. The van der Waals surface area contributed by atoms with Crippen LogP contribution < -0.4 is 4.74 Å². The predicted molar refractivity (Wildman–Crippen MR) is 98.3 cm³/mol. The summed E-state index contributed by atoms with van der Waals surface area (Å²) in [6.45, 7) is 2.32. The number of rotatable bonds is 7. The average Bonchev–Trinajstić information content (AvgIpc) is 2.57. The minimum atomic E-state index is -4.50. The molecular formula is C20H20ClF3O3. The first-order chi connectivity index (χ1) is 12.6. The summed E-state index contributed by atoms with van der Waals surface area (Å²) in [5.74, 6) is -1.74. The number of ether oxygens (including phenoxy) is 1. The Hall–Kier alpha value is -2.21. The maximum absolute atomic E-state index is 12.7. The van der Waals surface area contributed by atoms with Crippen molar-refractivity contribution in [1.29, 1.82) is 0 Å². The highest BCUT2D eigenvalue weighted by Gasteiger charge is 2.29. The predicted octanol–water partition coefficient (Wildman–Crippen LogP) is 6.16. The number of hydrogen-bond acceptors (Lipinski definition) is 2. The van der Waals surface area contributed by atoms with E-state index in [1.54, 1.807) is 36.4 Å². The van der Waals surface area contributed by atoms with Crippen LogP contribution in [0.1, 0.15) is 31.7 Å². The van der Waals surface area contributed by atoms with Gasteiger partial charge in [-0.3, -0.25) is 4.79 Å². The van der Waals surface area contributed by atoms with Crippen LogP contribution in [0.25, 0.3) is 11.1 Å². The SMILES string of the molecule is CC(C)CC(C(=O)O)c1ccc(-c2ccc(Cl)cc2)c(OCC(F)(F)F)c1. The smallest absolute Gasteiger partial charge is 0.422 e. The van der Waals surface area contributed by atoms with Gasteiger partial charge in [0.15, 0.2) is 6.61 Å². The molecule has 146 valence electrons. The van der Waals surface area contributed by atoms with E-state index in [0.29, 0.717) is 28.1 Å². The first-order valence-electron chi connectivity index (χ1n) is 8.39. The normalized spacial score (nSPS) is 12.9. The summed E-state index contributed by atoms with van der Waals surface area (Å²) in [6, 6.07) is 11.2. The minimum Gasteiger partial charge on any atom is -0.483 e. The molecule has 0 spiro atoms. The lowest BCUT2D eigenvalue weighted by Crippen LogP contribution is -2.20. The highest BCUT2D eigenvalue weighted by molar-refractivity contribution is 6.30. The van der Waals surface area contributed by atoms with Crippen LogP contribution in [-0.4, -0.2) is 23.9 Å². The van der Waals surface area contributed by atoms with Gasteiger partial charge in [-0.2, -0.15) is 13.2 Å². The monoisotopic (exact) mass is 400 g/mol.